The minimum absolute atomic E-state index is 0.00830. The summed E-state index contributed by atoms with van der Waals surface area (Å²) in [4.78, 5) is 0. The van der Waals surface area contributed by atoms with E-state index in [1.165, 1.54) is 0 Å². The van der Waals surface area contributed by atoms with Crippen molar-refractivity contribution in [1.82, 2.24) is 0 Å². The molecule has 152 valence electrons. The molecule has 2 aromatic rings. The maximum Gasteiger partial charge on any atom is 0.119 e. The summed E-state index contributed by atoms with van der Waals surface area (Å²) < 4.78 is 67.8. The molecule has 28 heavy (non-hydrogen) atoms. The summed E-state index contributed by atoms with van der Waals surface area (Å²) in [7, 11) is 0. The van der Waals surface area contributed by atoms with Crippen molar-refractivity contribution in [1.29, 1.82) is 0 Å². The Morgan fingerprint density at radius 2 is 1.86 bits per heavy atom. The van der Waals surface area contributed by atoms with E-state index in [1.54, 1.807) is 24.3 Å². The van der Waals surface area contributed by atoms with Gasteiger partial charge >= 0.3 is 0 Å². The maximum absolute atomic E-state index is 10.7. The highest BCUT2D eigenvalue weighted by Crippen LogP contribution is 2.34. The second-order valence-corrected chi connectivity index (χ2v) is 6.37. The molecule has 4 N–H and O–H groups in total. The number of rotatable bonds is 6. The van der Waals surface area contributed by atoms with Crippen molar-refractivity contribution in [2.45, 2.75) is 43.8 Å². The van der Waals surface area contributed by atoms with Gasteiger partial charge in [0.15, 0.2) is 0 Å². The van der Waals surface area contributed by atoms with Crippen LogP contribution in [0.25, 0.3) is 0 Å². The van der Waals surface area contributed by atoms with E-state index in [0.29, 0.717) is 17.9 Å². The van der Waals surface area contributed by atoms with Crippen LogP contribution < -0.4 is 4.74 Å². The molecule has 7 heteroatoms. The lowest BCUT2D eigenvalue weighted by Gasteiger charge is -2.40. The van der Waals surface area contributed by atoms with Gasteiger partial charge in [-0.1, -0.05) is 35.8 Å². The Hall–Kier alpha value is -1.67. The van der Waals surface area contributed by atoms with Crippen molar-refractivity contribution in [2.75, 3.05) is 13.2 Å². The molecule has 0 aliphatic carbocycles. The highest BCUT2D eigenvalue weighted by atomic mass is 35.5. The first-order valence-corrected chi connectivity index (χ1v) is 8.90. The van der Waals surface area contributed by atoms with Crippen LogP contribution >= 0.6 is 11.6 Å². The summed E-state index contributed by atoms with van der Waals surface area (Å²) in [6, 6.07) is 4.73. The van der Waals surface area contributed by atoms with Gasteiger partial charge in [-0.05, 0) is 48.2 Å². The van der Waals surface area contributed by atoms with Crippen LogP contribution in [-0.4, -0.2) is 58.0 Å². The molecule has 3 rings (SSSR count). The summed E-state index contributed by atoms with van der Waals surface area (Å²) in [5, 5.41) is 40.8. The molecule has 0 amide bonds. The van der Waals surface area contributed by atoms with Gasteiger partial charge in [-0.25, -0.2) is 0 Å². The van der Waals surface area contributed by atoms with Gasteiger partial charge in [0, 0.05) is 5.02 Å². The standard InChI is InChI=1S/C21H25ClO6/c1-2-27-15-6-3-12(4-7-15)9-14-10-13(5-8-16(14)22)21-20(26)19(25)18(24)17(11-23)28-21/h3-8,10,17-21,23-26H,2,9,11H2,1H3/t17-,18-,19+,20-,21+/m1/s1/i5D,8D,10D,17D,18D,19D,20D. The molecule has 1 saturated heterocycles. The third kappa shape index (κ3) is 4.49. The number of hydrogen-bond donors (Lipinski definition) is 4. The number of aliphatic hydroxyl groups is 4. The third-order valence-electron chi connectivity index (χ3n) is 4.12. The monoisotopic (exact) mass is 415 g/mol. The van der Waals surface area contributed by atoms with Gasteiger partial charge in [0.05, 0.1) is 22.8 Å². The predicted molar refractivity (Wildman–Crippen MR) is 105 cm³/mol. The van der Waals surface area contributed by atoms with Crippen LogP contribution in [0.4, 0.5) is 0 Å². The summed E-state index contributed by atoms with van der Waals surface area (Å²) in [5.41, 5.74) is -0.0597. The number of hydrogen-bond acceptors (Lipinski definition) is 6. The minimum Gasteiger partial charge on any atom is -0.494 e. The van der Waals surface area contributed by atoms with Gasteiger partial charge in [0.1, 0.15) is 36.2 Å². The fourth-order valence-electron chi connectivity index (χ4n) is 2.71. The lowest BCUT2D eigenvalue weighted by Crippen LogP contribution is -2.55. The number of halogens is 1. The molecule has 2 aromatic carbocycles. The van der Waals surface area contributed by atoms with E-state index in [0.717, 1.165) is 0 Å². The Bertz CT molecular complexity index is 1110. The van der Waals surface area contributed by atoms with E-state index in [2.05, 4.69) is 0 Å². The summed E-state index contributed by atoms with van der Waals surface area (Å²) in [5.74, 6) is 0.597. The van der Waals surface area contributed by atoms with Gasteiger partial charge < -0.3 is 29.9 Å². The second-order valence-electron chi connectivity index (χ2n) is 6.00. The van der Waals surface area contributed by atoms with Crippen LogP contribution in [0.15, 0.2) is 42.4 Å². The number of aliphatic hydroxyl groups excluding tert-OH is 1. The van der Waals surface area contributed by atoms with Crippen molar-refractivity contribution >= 4 is 11.6 Å². The Kier molecular flexibility index (Phi) is 4.46. The topological polar surface area (TPSA) is 99.4 Å². The van der Waals surface area contributed by atoms with Crippen LogP contribution in [0.5, 0.6) is 5.75 Å². The normalized spacial score (nSPS) is 41.6. The van der Waals surface area contributed by atoms with Crippen molar-refractivity contribution in [3.8, 4) is 5.75 Å². The Balaban J connectivity index is 2.18. The van der Waals surface area contributed by atoms with Crippen LogP contribution in [-0.2, 0) is 11.2 Å². The molecule has 0 unspecified atom stereocenters. The van der Waals surface area contributed by atoms with Crippen LogP contribution in [0.1, 0.15) is 39.3 Å². The minimum atomic E-state index is -3.84. The van der Waals surface area contributed by atoms with Gasteiger partial charge in [-0.2, -0.15) is 0 Å². The first-order chi connectivity index (χ1) is 16.1. The van der Waals surface area contributed by atoms with E-state index < -0.39 is 60.7 Å². The Labute approximate surface area is 178 Å². The molecule has 0 aromatic heterocycles. The zero-order chi connectivity index (χ0) is 26.6. The highest BCUT2D eigenvalue weighted by Gasteiger charge is 2.43. The Morgan fingerprint density at radius 1 is 1.14 bits per heavy atom. The van der Waals surface area contributed by atoms with E-state index in [9.17, 15) is 20.4 Å². The van der Waals surface area contributed by atoms with Gasteiger partial charge in [0.2, 0.25) is 0 Å². The van der Waals surface area contributed by atoms with Gasteiger partial charge in [0.25, 0.3) is 0 Å². The lowest BCUT2D eigenvalue weighted by molar-refractivity contribution is -0.231. The van der Waals surface area contributed by atoms with Gasteiger partial charge in [-0.15, -0.1) is 0 Å². The summed E-state index contributed by atoms with van der Waals surface area (Å²) in [6.45, 7) is 0.835. The SMILES string of the molecule is [2H]c1c([2H])c([C@@H]2O[C@]([2H])(CO)[C@@]([2H])(O)[C@]([2H])(O)[C@@]2([2H])O)c([2H])c(Cc2ccc(OCC)cc2)c1Cl. The molecule has 0 radical (unpaired) electrons. The fourth-order valence-corrected chi connectivity index (χ4v) is 2.87. The lowest BCUT2D eigenvalue weighted by atomic mass is 9.90. The smallest absolute Gasteiger partial charge is 0.119 e. The average Bonchev–Trinajstić information content (AvgIpc) is 2.80. The third-order valence-corrected chi connectivity index (χ3v) is 4.44. The molecule has 0 spiro atoms. The number of ether oxygens (including phenoxy) is 2. The molecule has 1 aliphatic rings. The molecule has 1 fully saturated rings. The molecular weight excluding hydrogens is 384 g/mol. The van der Waals surface area contributed by atoms with E-state index in [1.807, 2.05) is 6.92 Å². The molecule has 1 heterocycles. The number of benzene rings is 2. The Morgan fingerprint density at radius 3 is 2.50 bits per heavy atom. The second kappa shape index (κ2) is 9.22. The molecule has 0 saturated carbocycles. The molecule has 6 nitrogen and oxygen atoms in total. The zero-order valence-electron chi connectivity index (χ0n) is 22.0. The predicted octanol–water partition coefficient (Wildman–Crippen LogP) is 1.84. The quantitative estimate of drug-likeness (QED) is 0.574. The summed E-state index contributed by atoms with van der Waals surface area (Å²) >= 11 is 6.27. The highest BCUT2D eigenvalue weighted by molar-refractivity contribution is 6.31. The summed E-state index contributed by atoms with van der Waals surface area (Å²) in [6.07, 6.45) is -16.7. The van der Waals surface area contributed by atoms with Gasteiger partial charge in [-0.3, -0.25) is 0 Å². The van der Waals surface area contributed by atoms with Crippen molar-refractivity contribution in [2.24, 2.45) is 0 Å². The van der Waals surface area contributed by atoms with Crippen LogP contribution in [0.3, 0.4) is 0 Å². The maximum atomic E-state index is 10.7. The van der Waals surface area contributed by atoms with E-state index >= 15 is 0 Å². The molecule has 0 bridgehead atoms. The van der Waals surface area contributed by atoms with Crippen LogP contribution in [0, 0.1) is 0 Å². The van der Waals surface area contributed by atoms with Crippen molar-refractivity contribution in [3.63, 3.8) is 0 Å². The van der Waals surface area contributed by atoms with Crippen molar-refractivity contribution in [3.05, 3.63) is 64.1 Å². The van der Waals surface area contributed by atoms with E-state index in [4.69, 9.17) is 30.7 Å². The van der Waals surface area contributed by atoms with Crippen molar-refractivity contribution < 1.29 is 39.5 Å². The molecular formula is C21H25ClO6. The molecule has 5 atom stereocenters. The first kappa shape index (κ1) is 13.5. The van der Waals surface area contributed by atoms with E-state index in [-0.39, 0.29) is 17.0 Å². The fraction of sp³-hybridized carbons (Fsp3) is 0.429. The molecule has 1 aliphatic heterocycles. The largest absolute Gasteiger partial charge is 0.494 e. The average molecular weight is 416 g/mol. The van der Waals surface area contributed by atoms with Crippen LogP contribution in [0.2, 0.25) is 5.02 Å². The first-order valence-electron chi connectivity index (χ1n) is 12.0. The zero-order valence-corrected chi connectivity index (χ0v) is 15.7.